The minimum atomic E-state index is -0.679. The zero-order chi connectivity index (χ0) is 24.7. The van der Waals surface area contributed by atoms with Crippen LogP contribution in [0.2, 0.25) is 0 Å². The number of carbonyl (C=O) groups excluding carboxylic acids is 1. The van der Waals surface area contributed by atoms with Crippen molar-refractivity contribution in [3.8, 4) is 0 Å². The molecule has 1 atom stereocenters. The Morgan fingerprint density at radius 1 is 1.20 bits per heavy atom. The average molecular weight is 477 g/mol. The zero-order valence-electron chi connectivity index (χ0n) is 19.6. The summed E-state index contributed by atoms with van der Waals surface area (Å²) in [6.07, 6.45) is 6.31. The van der Waals surface area contributed by atoms with Gasteiger partial charge in [-0.25, -0.2) is 8.78 Å². The molecule has 1 N–H and O–H groups in total. The first-order valence-electron chi connectivity index (χ1n) is 11.7. The summed E-state index contributed by atoms with van der Waals surface area (Å²) in [6.45, 7) is 1.84. The summed E-state index contributed by atoms with van der Waals surface area (Å²) >= 11 is 0. The Balaban J connectivity index is 1.62. The predicted molar refractivity (Wildman–Crippen MR) is 129 cm³/mol. The van der Waals surface area contributed by atoms with Crippen LogP contribution in [-0.2, 0) is 13.6 Å². The third kappa shape index (κ3) is 4.24. The number of nitrogens with one attached hydrogen (secondary N) is 1. The van der Waals surface area contributed by atoms with Gasteiger partial charge < -0.3 is 9.88 Å². The maximum Gasteiger partial charge on any atom is 0.261 e. The highest BCUT2D eigenvalue weighted by Crippen LogP contribution is 2.38. The Bertz CT molecular complexity index is 1490. The summed E-state index contributed by atoms with van der Waals surface area (Å²) < 4.78 is 31.9. The summed E-state index contributed by atoms with van der Waals surface area (Å²) in [7, 11) is 1.77. The van der Waals surface area contributed by atoms with E-state index in [0.29, 0.717) is 11.3 Å². The molecular formula is C27H26F2N4O2. The quantitative estimate of drug-likeness (QED) is 0.441. The lowest BCUT2D eigenvalue weighted by Gasteiger charge is -2.35. The summed E-state index contributed by atoms with van der Waals surface area (Å²) in [5.41, 5.74) is 1.62. The van der Waals surface area contributed by atoms with Gasteiger partial charge in [0.15, 0.2) is 0 Å². The summed E-state index contributed by atoms with van der Waals surface area (Å²) in [6, 6.07) is 10.2. The Kier molecular flexibility index (Phi) is 5.96. The smallest absolute Gasteiger partial charge is 0.261 e. The van der Waals surface area contributed by atoms with Gasteiger partial charge >= 0.3 is 0 Å². The van der Waals surface area contributed by atoms with E-state index in [-0.39, 0.29) is 40.7 Å². The molecule has 0 unspecified atom stereocenters. The Labute approximate surface area is 201 Å². The van der Waals surface area contributed by atoms with Gasteiger partial charge in [-0.3, -0.25) is 14.3 Å². The van der Waals surface area contributed by atoms with E-state index in [9.17, 15) is 18.4 Å². The van der Waals surface area contributed by atoms with Gasteiger partial charge in [-0.1, -0.05) is 30.7 Å². The van der Waals surface area contributed by atoms with E-state index in [1.807, 2.05) is 0 Å². The van der Waals surface area contributed by atoms with E-state index >= 15 is 0 Å². The first kappa shape index (κ1) is 23.0. The third-order valence-electron chi connectivity index (χ3n) is 6.95. The molecule has 1 aliphatic rings. The van der Waals surface area contributed by atoms with Gasteiger partial charge in [-0.15, -0.1) is 0 Å². The molecule has 1 saturated carbocycles. The largest absolute Gasteiger partial charge is 0.345 e. The lowest BCUT2D eigenvalue weighted by molar-refractivity contribution is 0.0900. The van der Waals surface area contributed by atoms with Gasteiger partial charge in [0.25, 0.3) is 11.5 Å². The first-order valence-corrected chi connectivity index (χ1v) is 11.7. The van der Waals surface area contributed by atoms with Crippen molar-refractivity contribution in [3.63, 3.8) is 0 Å². The van der Waals surface area contributed by atoms with Crippen molar-refractivity contribution in [2.75, 3.05) is 0 Å². The molecule has 8 heteroatoms. The van der Waals surface area contributed by atoms with E-state index in [1.54, 1.807) is 49.2 Å². The summed E-state index contributed by atoms with van der Waals surface area (Å²) in [5.74, 6) is -1.28. The van der Waals surface area contributed by atoms with Gasteiger partial charge in [0.05, 0.1) is 29.7 Å². The molecule has 1 fully saturated rings. The molecule has 4 aromatic rings. The molecule has 0 radical (unpaired) electrons. The molecule has 0 spiro atoms. The van der Waals surface area contributed by atoms with Crippen LogP contribution in [0.5, 0.6) is 0 Å². The maximum atomic E-state index is 14.9. The molecule has 180 valence electrons. The number of hydrogen-bond donors (Lipinski definition) is 1. The van der Waals surface area contributed by atoms with E-state index in [0.717, 1.165) is 24.8 Å². The van der Waals surface area contributed by atoms with Gasteiger partial charge in [0.1, 0.15) is 11.6 Å². The van der Waals surface area contributed by atoms with Crippen molar-refractivity contribution in [1.82, 2.24) is 19.7 Å². The van der Waals surface area contributed by atoms with Gasteiger partial charge in [0, 0.05) is 29.9 Å². The number of hydrogen-bond acceptors (Lipinski definition) is 3. The lowest BCUT2D eigenvalue weighted by Crippen LogP contribution is -2.38. The molecule has 0 bridgehead atoms. The molecule has 2 aromatic heterocycles. The molecule has 0 saturated heterocycles. The second kappa shape index (κ2) is 9.09. The SMILES string of the molecule is Cc1c(C(=O)N[C@H](c2cccc(F)c2)C2CCC2)c2cccc(F)c2c(=O)n1Cc1cnn(C)c1. The molecular weight excluding hydrogens is 450 g/mol. The summed E-state index contributed by atoms with van der Waals surface area (Å²) in [4.78, 5) is 27.1. The van der Waals surface area contributed by atoms with Gasteiger partial charge in [-0.05, 0) is 49.4 Å². The highest BCUT2D eigenvalue weighted by Gasteiger charge is 2.31. The first-order chi connectivity index (χ1) is 16.8. The Hall–Kier alpha value is -3.81. The molecule has 5 rings (SSSR count). The molecule has 1 aliphatic carbocycles. The molecule has 1 amide bonds. The fourth-order valence-electron chi connectivity index (χ4n) is 4.94. The Morgan fingerprint density at radius 2 is 1.97 bits per heavy atom. The number of nitrogens with zero attached hydrogens (tertiary/aromatic N) is 3. The standard InChI is InChI=1S/C27H26F2N4O2/c1-16-23(26(34)31-25(18-6-3-7-18)19-8-4-9-20(28)12-19)21-10-5-11-22(29)24(21)27(35)33(16)15-17-13-30-32(2)14-17/h4-5,8-14,18,25H,3,6-7,15H2,1-2H3,(H,31,34)/t25-/m0/s1. The van der Waals surface area contributed by atoms with Crippen LogP contribution in [0.4, 0.5) is 8.78 Å². The molecule has 2 aromatic carbocycles. The van der Waals surface area contributed by atoms with E-state index in [2.05, 4.69) is 10.4 Å². The minimum Gasteiger partial charge on any atom is -0.345 e. The number of fused-ring (bicyclic) bond motifs is 1. The van der Waals surface area contributed by atoms with Crippen LogP contribution >= 0.6 is 0 Å². The maximum absolute atomic E-state index is 14.9. The van der Waals surface area contributed by atoms with Crippen molar-refractivity contribution in [3.05, 3.63) is 99.2 Å². The topological polar surface area (TPSA) is 68.9 Å². The van der Waals surface area contributed by atoms with Crippen LogP contribution in [0.15, 0.2) is 59.7 Å². The second-order valence-electron chi connectivity index (χ2n) is 9.23. The van der Waals surface area contributed by atoms with Crippen LogP contribution in [0.1, 0.15) is 52.5 Å². The monoisotopic (exact) mass is 476 g/mol. The highest BCUT2D eigenvalue weighted by atomic mass is 19.1. The van der Waals surface area contributed by atoms with Crippen molar-refractivity contribution in [1.29, 1.82) is 0 Å². The number of pyridine rings is 1. The predicted octanol–water partition coefficient (Wildman–Crippen LogP) is 4.64. The van der Waals surface area contributed by atoms with E-state index in [1.165, 1.54) is 28.8 Å². The fraction of sp³-hybridized carbons (Fsp3) is 0.296. The number of carbonyl (C=O) groups is 1. The number of halogens is 2. The number of aromatic nitrogens is 3. The normalized spacial score (nSPS) is 14.6. The van der Waals surface area contributed by atoms with Crippen molar-refractivity contribution in [2.45, 2.75) is 38.8 Å². The molecule has 2 heterocycles. The zero-order valence-corrected chi connectivity index (χ0v) is 19.6. The number of benzene rings is 2. The Morgan fingerprint density at radius 3 is 2.63 bits per heavy atom. The van der Waals surface area contributed by atoms with Crippen molar-refractivity contribution >= 4 is 16.7 Å². The van der Waals surface area contributed by atoms with Crippen LogP contribution in [0.3, 0.4) is 0 Å². The minimum absolute atomic E-state index is 0.127. The third-order valence-corrected chi connectivity index (χ3v) is 6.95. The van der Waals surface area contributed by atoms with Crippen molar-refractivity contribution in [2.24, 2.45) is 13.0 Å². The fourth-order valence-corrected chi connectivity index (χ4v) is 4.94. The highest BCUT2D eigenvalue weighted by molar-refractivity contribution is 6.08. The van der Waals surface area contributed by atoms with Crippen LogP contribution in [0.25, 0.3) is 10.8 Å². The average Bonchev–Trinajstić information content (AvgIpc) is 3.19. The van der Waals surface area contributed by atoms with Crippen LogP contribution in [0, 0.1) is 24.5 Å². The van der Waals surface area contributed by atoms with Gasteiger partial charge in [0.2, 0.25) is 0 Å². The molecule has 0 aliphatic heterocycles. The van der Waals surface area contributed by atoms with Gasteiger partial charge in [-0.2, -0.15) is 5.10 Å². The lowest BCUT2D eigenvalue weighted by atomic mass is 9.77. The van der Waals surface area contributed by atoms with E-state index < -0.39 is 17.3 Å². The van der Waals surface area contributed by atoms with E-state index in [4.69, 9.17) is 0 Å². The number of amides is 1. The molecule has 6 nitrogen and oxygen atoms in total. The summed E-state index contributed by atoms with van der Waals surface area (Å²) in [5, 5.41) is 7.36. The van der Waals surface area contributed by atoms with Crippen LogP contribution in [-0.4, -0.2) is 20.3 Å². The second-order valence-corrected chi connectivity index (χ2v) is 9.23. The van der Waals surface area contributed by atoms with Crippen LogP contribution < -0.4 is 10.9 Å². The molecule has 35 heavy (non-hydrogen) atoms. The van der Waals surface area contributed by atoms with Crippen molar-refractivity contribution < 1.29 is 13.6 Å². The number of aryl methyl sites for hydroxylation is 1. The number of rotatable bonds is 6.